The third-order valence-electron chi connectivity index (χ3n) is 4.66. The zero-order chi connectivity index (χ0) is 18.5. The smallest absolute Gasteiger partial charge is 0.214 e. The van der Waals surface area contributed by atoms with Crippen LogP contribution >= 0.6 is 0 Å². The van der Waals surface area contributed by atoms with E-state index in [9.17, 15) is 0 Å². The number of aliphatic imine (C=N–C) groups is 1. The first kappa shape index (κ1) is 18.1. The van der Waals surface area contributed by atoms with E-state index in [2.05, 4.69) is 31.6 Å². The Morgan fingerprint density at radius 2 is 2.19 bits per heavy atom. The number of rotatable bonds is 5. The van der Waals surface area contributed by atoms with E-state index in [0.717, 1.165) is 48.4 Å². The second-order valence-corrected chi connectivity index (χ2v) is 6.42. The van der Waals surface area contributed by atoms with Gasteiger partial charge in [0.25, 0.3) is 0 Å². The minimum Gasteiger partial charge on any atom is -0.495 e. The summed E-state index contributed by atoms with van der Waals surface area (Å²) in [5, 5.41) is 6.75. The van der Waals surface area contributed by atoms with Crippen molar-refractivity contribution >= 4 is 11.6 Å². The number of nitrogens with one attached hydrogen (secondary N) is 2. The Balaban J connectivity index is 1.55. The third-order valence-corrected chi connectivity index (χ3v) is 4.66. The fourth-order valence-electron chi connectivity index (χ4n) is 3.15. The summed E-state index contributed by atoms with van der Waals surface area (Å²) in [4.78, 5) is 11.0. The molecule has 2 heterocycles. The predicted molar refractivity (Wildman–Crippen MR) is 103 cm³/mol. The normalized spacial score (nSPS) is 17.5. The quantitative estimate of drug-likeness (QED) is 0.631. The molecule has 1 aromatic heterocycles. The Morgan fingerprint density at radius 3 is 2.88 bits per heavy atom. The molecule has 140 valence electrons. The average molecular weight is 357 g/mol. The number of hydrogen-bond donors (Lipinski definition) is 2. The maximum absolute atomic E-state index is 5.60. The topological polar surface area (TPSA) is 74.9 Å². The number of aromatic nitrogens is 1. The monoisotopic (exact) mass is 357 g/mol. The van der Waals surface area contributed by atoms with Crippen LogP contribution in [0.5, 0.6) is 5.75 Å². The Labute approximate surface area is 154 Å². The van der Waals surface area contributed by atoms with Gasteiger partial charge < -0.3 is 24.7 Å². The van der Waals surface area contributed by atoms with E-state index in [1.807, 2.05) is 32.0 Å². The van der Waals surface area contributed by atoms with E-state index in [1.54, 1.807) is 14.2 Å². The molecular formula is C19H27N5O2. The van der Waals surface area contributed by atoms with Gasteiger partial charge in [-0.05, 0) is 32.4 Å². The van der Waals surface area contributed by atoms with Gasteiger partial charge in [0, 0.05) is 26.2 Å². The molecule has 0 radical (unpaired) electrons. The number of anilines is 1. The van der Waals surface area contributed by atoms with Gasteiger partial charge in [0.05, 0.1) is 25.0 Å². The Morgan fingerprint density at radius 1 is 1.38 bits per heavy atom. The summed E-state index contributed by atoms with van der Waals surface area (Å²) in [6.07, 6.45) is 1.04. The number of ether oxygens (including phenoxy) is 1. The fourth-order valence-corrected chi connectivity index (χ4v) is 3.15. The molecule has 0 saturated carbocycles. The first-order valence-corrected chi connectivity index (χ1v) is 8.88. The molecule has 1 aliphatic rings. The molecule has 1 aromatic carbocycles. The number of hydrogen-bond acceptors (Lipinski definition) is 5. The molecule has 0 bridgehead atoms. The second-order valence-electron chi connectivity index (χ2n) is 6.42. The minimum atomic E-state index is 0.319. The zero-order valence-corrected chi connectivity index (χ0v) is 15.9. The molecule has 1 atom stereocenters. The SMILES string of the molecule is CN=C(NCc1nc(C)c(C)o1)NC1CCN(c2ccccc2OC)C1. The van der Waals surface area contributed by atoms with Crippen molar-refractivity contribution in [3.05, 3.63) is 41.6 Å². The maximum Gasteiger partial charge on any atom is 0.214 e. The number of nitrogens with zero attached hydrogens (tertiary/aromatic N) is 3. The summed E-state index contributed by atoms with van der Waals surface area (Å²) in [7, 11) is 3.48. The molecule has 1 unspecified atom stereocenters. The molecule has 1 aliphatic heterocycles. The number of guanidine groups is 1. The van der Waals surface area contributed by atoms with E-state index in [1.165, 1.54) is 0 Å². The van der Waals surface area contributed by atoms with Crippen molar-refractivity contribution in [3.63, 3.8) is 0 Å². The van der Waals surface area contributed by atoms with Gasteiger partial charge >= 0.3 is 0 Å². The molecule has 1 fully saturated rings. The molecule has 3 rings (SSSR count). The van der Waals surface area contributed by atoms with Crippen LogP contribution in [0.3, 0.4) is 0 Å². The Kier molecular flexibility index (Phi) is 5.65. The number of para-hydroxylation sites is 2. The third kappa shape index (κ3) is 4.09. The molecule has 7 nitrogen and oxygen atoms in total. The molecule has 2 N–H and O–H groups in total. The van der Waals surface area contributed by atoms with Gasteiger partial charge in [0.2, 0.25) is 5.89 Å². The minimum absolute atomic E-state index is 0.319. The molecule has 7 heteroatoms. The number of oxazole rings is 1. The van der Waals surface area contributed by atoms with E-state index in [-0.39, 0.29) is 0 Å². The van der Waals surface area contributed by atoms with Crippen LogP contribution in [0.4, 0.5) is 5.69 Å². The van der Waals surface area contributed by atoms with Crippen molar-refractivity contribution in [2.45, 2.75) is 32.9 Å². The van der Waals surface area contributed by atoms with Crippen LogP contribution in [0.1, 0.15) is 23.8 Å². The van der Waals surface area contributed by atoms with Crippen LogP contribution in [-0.4, -0.2) is 44.2 Å². The highest BCUT2D eigenvalue weighted by Gasteiger charge is 2.25. The number of aryl methyl sites for hydroxylation is 2. The van der Waals surface area contributed by atoms with Gasteiger partial charge in [-0.15, -0.1) is 0 Å². The first-order chi connectivity index (χ1) is 12.6. The summed E-state index contributed by atoms with van der Waals surface area (Å²) in [6, 6.07) is 8.45. The Hall–Kier alpha value is -2.70. The lowest BCUT2D eigenvalue weighted by Crippen LogP contribution is -2.44. The highest BCUT2D eigenvalue weighted by Crippen LogP contribution is 2.30. The lowest BCUT2D eigenvalue weighted by Gasteiger charge is -2.22. The van der Waals surface area contributed by atoms with Gasteiger partial charge in [-0.1, -0.05) is 12.1 Å². The van der Waals surface area contributed by atoms with Crippen LogP contribution in [0, 0.1) is 13.8 Å². The lowest BCUT2D eigenvalue weighted by molar-refractivity contribution is 0.415. The lowest BCUT2D eigenvalue weighted by atomic mass is 10.2. The Bertz CT molecular complexity index is 752. The maximum atomic E-state index is 5.60. The van der Waals surface area contributed by atoms with E-state index < -0.39 is 0 Å². The van der Waals surface area contributed by atoms with Gasteiger partial charge in [-0.2, -0.15) is 0 Å². The van der Waals surface area contributed by atoms with Crippen molar-refractivity contribution < 1.29 is 9.15 Å². The molecule has 26 heavy (non-hydrogen) atoms. The van der Waals surface area contributed by atoms with Crippen molar-refractivity contribution in [1.82, 2.24) is 15.6 Å². The second kappa shape index (κ2) is 8.12. The van der Waals surface area contributed by atoms with E-state index in [0.29, 0.717) is 18.5 Å². The van der Waals surface area contributed by atoms with Crippen molar-refractivity contribution in [3.8, 4) is 5.75 Å². The van der Waals surface area contributed by atoms with Gasteiger partial charge in [0.15, 0.2) is 5.96 Å². The summed E-state index contributed by atoms with van der Waals surface area (Å²) in [6.45, 7) is 6.26. The largest absolute Gasteiger partial charge is 0.495 e. The van der Waals surface area contributed by atoms with Crippen molar-refractivity contribution in [2.24, 2.45) is 4.99 Å². The number of benzene rings is 1. The van der Waals surface area contributed by atoms with Gasteiger partial charge in [0.1, 0.15) is 11.5 Å². The zero-order valence-electron chi connectivity index (χ0n) is 15.9. The summed E-state index contributed by atoms with van der Waals surface area (Å²) in [5.74, 6) is 3.19. The molecule has 0 amide bonds. The van der Waals surface area contributed by atoms with E-state index in [4.69, 9.17) is 9.15 Å². The van der Waals surface area contributed by atoms with E-state index >= 15 is 0 Å². The van der Waals surface area contributed by atoms with Crippen LogP contribution < -0.4 is 20.3 Å². The predicted octanol–water partition coefficient (Wildman–Crippen LogP) is 2.24. The van der Waals surface area contributed by atoms with Gasteiger partial charge in [-0.25, -0.2) is 4.98 Å². The standard InChI is InChI=1S/C19H27N5O2/c1-13-14(2)26-18(22-13)11-21-19(20-3)23-15-9-10-24(12-15)16-7-5-6-8-17(16)25-4/h5-8,15H,9-12H2,1-4H3,(H2,20,21,23). The summed E-state index contributed by atoms with van der Waals surface area (Å²) >= 11 is 0. The number of methoxy groups -OCH3 is 1. The first-order valence-electron chi connectivity index (χ1n) is 8.88. The van der Waals surface area contributed by atoms with Crippen LogP contribution in [0.25, 0.3) is 0 Å². The van der Waals surface area contributed by atoms with Crippen LogP contribution in [0.15, 0.2) is 33.7 Å². The molecule has 0 aliphatic carbocycles. The summed E-state index contributed by atoms with van der Waals surface area (Å²) < 4.78 is 11.1. The van der Waals surface area contributed by atoms with Gasteiger partial charge in [-0.3, -0.25) is 4.99 Å². The summed E-state index contributed by atoms with van der Waals surface area (Å²) in [5.41, 5.74) is 2.06. The average Bonchev–Trinajstić information content (AvgIpc) is 3.25. The fraction of sp³-hybridized carbons (Fsp3) is 0.474. The molecule has 1 saturated heterocycles. The molecular weight excluding hydrogens is 330 g/mol. The van der Waals surface area contributed by atoms with Crippen LogP contribution in [-0.2, 0) is 6.54 Å². The van der Waals surface area contributed by atoms with Crippen molar-refractivity contribution in [1.29, 1.82) is 0 Å². The highest BCUT2D eigenvalue weighted by molar-refractivity contribution is 5.80. The van der Waals surface area contributed by atoms with Crippen molar-refractivity contribution in [2.75, 3.05) is 32.1 Å². The van der Waals surface area contributed by atoms with Crippen LogP contribution in [0.2, 0.25) is 0 Å². The molecule has 2 aromatic rings. The highest BCUT2D eigenvalue weighted by atomic mass is 16.5. The molecule has 0 spiro atoms.